The van der Waals surface area contributed by atoms with E-state index in [-0.39, 0.29) is 11.6 Å². The molecule has 5 rings (SSSR count). The van der Waals surface area contributed by atoms with Crippen LogP contribution >= 0.6 is 0 Å². The van der Waals surface area contributed by atoms with E-state index in [0.717, 1.165) is 59.7 Å². The van der Waals surface area contributed by atoms with Crippen LogP contribution in [0.1, 0.15) is 5.56 Å². The molecule has 1 aliphatic heterocycles. The van der Waals surface area contributed by atoms with E-state index in [1.54, 1.807) is 24.3 Å². The zero-order chi connectivity index (χ0) is 23.7. The average molecular weight is 458 g/mol. The molecule has 0 unspecified atom stereocenters. The average Bonchev–Trinajstić information content (AvgIpc) is 2.86. The topological polar surface area (TPSA) is 44.6 Å². The first-order valence-electron chi connectivity index (χ1n) is 11.3. The van der Waals surface area contributed by atoms with Gasteiger partial charge in [0.05, 0.1) is 22.4 Å². The predicted octanol–water partition coefficient (Wildman–Crippen LogP) is 4.87. The largest absolute Gasteiger partial charge is 0.354 e. The minimum atomic E-state index is -0.320. The molecule has 0 aliphatic carbocycles. The number of benzene rings is 3. The van der Waals surface area contributed by atoms with E-state index in [9.17, 15) is 8.78 Å². The highest BCUT2D eigenvalue weighted by molar-refractivity contribution is 6.01. The maximum atomic E-state index is 13.6. The molecule has 1 aromatic heterocycles. The number of piperazine rings is 1. The molecule has 0 N–H and O–H groups in total. The molecule has 0 bridgehead atoms. The third-order valence-corrected chi connectivity index (χ3v) is 6.17. The molecular weight excluding hydrogens is 432 g/mol. The van der Waals surface area contributed by atoms with Crippen LogP contribution in [0.15, 0.2) is 71.7 Å². The molecule has 0 amide bonds. The van der Waals surface area contributed by atoms with E-state index in [1.807, 2.05) is 25.2 Å². The van der Waals surface area contributed by atoms with Crippen LogP contribution in [0.3, 0.4) is 0 Å². The molecule has 5 nitrogen and oxygen atoms in total. The van der Waals surface area contributed by atoms with Crippen LogP contribution in [0, 0.1) is 11.6 Å². The van der Waals surface area contributed by atoms with Crippen molar-refractivity contribution in [2.75, 3.05) is 40.3 Å². The molecule has 0 radical (unpaired) electrons. The molecule has 1 aliphatic rings. The molecule has 2 heterocycles. The highest BCUT2D eigenvalue weighted by Crippen LogP contribution is 2.31. The van der Waals surface area contributed by atoms with Gasteiger partial charge in [-0.2, -0.15) is 0 Å². The normalized spacial score (nSPS) is 15.2. The smallest absolute Gasteiger partial charge is 0.130 e. The van der Waals surface area contributed by atoms with Gasteiger partial charge in [0.2, 0.25) is 0 Å². The van der Waals surface area contributed by atoms with Crippen molar-refractivity contribution < 1.29 is 8.78 Å². The Balaban J connectivity index is 1.63. The summed E-state index contributed by atoms with van der Waals surface area (Å²) in [6, 6.07) is 18.3. The fourth-order valence-electron chi connectivity index (χ4n) is 4.28. The summed E-state index contributed by atoms with van der Waals surface area (Å²) < 4.78 is 27.2. The van der Waals surface area contributed by atoms with Crippen LogP contribution in [-0.2, 0) is 0 Å². The number of amidine groups is 1. The number of rotatable bonds is 3. The van der Waals surface area contributed by atoms with Gasteiger partial charge < -0.3 is 9.80 Å². The number of aromatic nitrogens is 2. The molecule has 4 aromatic rings. The zero-order valence-electron chi connectivity index (χ0n) is 19.2. The molecule has 0 spiro atoms. The molecule has 172 valence electrons. The van der Waals surface area contributed by atoms with Gasteiger partial charge in [0.25, 0.3) is 0 Å². The Morgan fingerprint density at radius 1 is 0.735 bits per heavy atom. The van der Waals surface area contributed by atoms with E-state index in [2.05, 4.69) is 21.8 Å². The Morgan fingerprint density at radius 3 is 1.79 bits per heavy atom. The van der Waals surface area contributed by atoms with Gasteiger partial charge >= 0.3 is 0 Å². The van der Waals surface area contributed by atoms with E-state index < -0.39 is 0 Å². The lowest BCUT2D eigenvalue weighted by molar-refractivity contribution is 0.215. The minimum absolute atomic E-state index is 0.319. The van der Waals surface area contributed by atoms with Crippen LogP contribution in [0.25, 0.3) is 33.5 Å². The monoisotopic (exact) mass is 457 g/mol. The van der Waals surface area contributed by atoms with E-state index in [4.69, 9.17) is 9.97 Å². The zero-order valence-corrected chi connectivity index (χ0v) is 19.2. The summed E-state index contributed by atoms with van der Waals surface area (Å²) in [7, 11) is 3.94. The summed E-state index contributed by atoms with van der Waals surface area (Å²) in [5.41, 5.74) is 5.15. The molecule has 34 heavy (non-hydrogen) atoms. The second-order valence-corrected chi connectivity index (χ2v) is 8.48. The van der Waals surface area contributed by atoms with Crippen LogP contribution in [0.4, 0.5) is 8.78 Å². The number of likely N-dealkylation sites (N-methyl/N-ethyl adjacent to an activating group) is 1. The summed E-state index contributed by atoms with van der Waals surface area (Å²) in [6.45, 7) is 3.80. The predicted molar refractivity (Wildman–Crippen MR) is 132 cm³/mol. The summed E-state index contributed by atoms with van der Waals surface area (Å²) in [4.78, 5) is 19.0. The molecule has 0 atom stereocenters. The van der Waals surface area contributed by atoms with Crippen LogP contribution in [-0.4, -0.2) is 65.9 Å². The van der Waals surface area contributed by atoms with Gasteiger partial charge in [-0.3, -0.25) is 4.99 Å². The second kappa shape index (κ2) is 9.27. The van der Waals surface area contributed by atoms with Crippen molar-refractivity contribution in [3.8, 4) is 22.5 Å². The maximum absolute atomic E-state index is 13.6. The standard InChI is InChI=1S/C27H25F2N5/c1-30-27(34-15-13-33(2)14-16-34)20-7-12-23-24(17-20)32-26(19-5-10-22(29)11-6-19)25(31-23)18-3-8-21(28)9-4-18/h3-12,17H,13-16H2,1-2H3. The Labute approximate surface area is 197 Å². The molecule has 1 saturated heterocycles. The van der Waals surface area contributed by atoms with Crippen molar-refractivity contribution in [1.29, 1.82) is 0 Å². The lowest BCUT2D eigenvalue weighted by Gasteiger charge is -2.34. The van der Waals surface area contributed by atoms with Crippen LogP contribution < -0.4 is 0 Å². The first-order valence-corrected chi connectivity index (χ1v) is 11.3. The van der Waals surface area contributed by atoms with Crippen molar-refractivity contribution in [2.24, 2.45) is 4.99 Å². The first kappa shape index (κ1) is 22.1. The van der Waals surface area contributed by atoms with E-state index in [1.165, 1.54) is 24.3 Å². The Morgan fingerprint density at radius 2 is 1.26 bits per heavy atom. The lowest BCUT2D eigenvalue weighted by Crippen LogP contribution is -2.47. The van der Waals surface area contributed by atoms with E-state index >= 15 is 0 Å². The number of fused-ring (bicyclic) bond motifs is 1. The Hall–Kier alpha value is -3.71. The van der Waals surface area contributed by atoms with Crippen molar-refractivity contribution in [2.45, 2.75) is 0 Å². The first-order chi connectivity index (χ1) is 16.5. The fourth-order valence-corrected chi connectivity index (χ4v) is 4.28. The van der Waals surface area contributed by atoms with Crippen LogP contribution in [0.5, 0.6) is 0 Å². The van der Waals surface area contributed by atoms with Crippen LogP contribution in [0.2, 0.25) is 0 Å². The van der Waals surface area contributed by atoms with Gasteiger partial charge in [-0.05, 0) is 73.8 Å². The fraction of sp³-hybridized carbons (Fsp3) is 0.222. The summed E-state index contributed by atoms with van der Waals surface area (Å²) in [5, 5.41) is 0. The lowest BCUT2D eigenvalue weighted by atomic mass is 10.0. The second-order valence-electron chi connectivity index (χ2n) is 8.48. The third kappa shape index (κ3) is 4.39. The molecule has 1 fully saturated rings. The number of hydrogen-bond acceptors (Lipinski definition) is 4. The Bertz CT molecular complexity index is 1340. The summed E-state index contributed by atoms with van der Waals surface area (Å²) in [6.07, 6.45) is 0. The van der Waals surface area contributed by atoms with Crippen molar-refractivity contribution >= 4 is 16.9 Å². The van der Waals surface area contributed by atoms with Gasteiger partial charge in [-0.25, -0.2) is 18.7 Å². The maximum Gasteiger partial charge on any atom is 0.130 e. The Kier molecular flexibility index (Phi) is 6.02. The number of halogens is 2. The highest BCUT2D eigenvalue weighted by Gasteiger charge is 2.20. The van der Waals surface area contributed by atoms with Crippen molar-refractivity contribution in [3.05, 3.63) is 83.9 Å². The quantitative estimate of drug-likeness (QED) is 0.325. The number of hydrogen-bond donors (Lipinski definition) is 0. The van der Waals surface area contributed by atoms with Gasteiger partial charge in [-0.15, -0.1) is 0 Å². The highest BCUT2D eigenvalue weighted by atomic mass is 19.1. The SMILES string of the molecule is CN=C(c1ccc2nc(-c3ccc(F)cc3)c(-c3ccc(F)cc3)nc2c1)N1CCN(C)CC1. The minimum Gasteiger partial charge on any atom is -0.354 e. The van der Waals surface area contributed by atoms with Gasteiger partial charge in [0, 0.05) is 49.9 Å². The number of nitrogens with zero attached hydrogens (tertiary/aromatic N) is 5. The number of aliphatic imine (C=N–C) groups is 1. The molecular formula is C27H25F2N5. The molecule has 0 saturated carbocycles. The van der Waals surface area contributed by atoms with Gasteiger partial charge in [0.15, 0.2) is 0 Å². The van der Waals surface area contributed by atoms with Gasteiger partial charge in [-0.1, -0.05) is 0 Å². The molecule has 7 heteroatoms. The molecule has 3 aromatic carbocycles. The third-order valence-electron chi connectivity index (χ3n) is 6.17. The van der Waals surface area contributed by atoms with Crippen molar-refractivity contribution in [3.63, 3.8) is 0 Å². The van der Waals surface area contributed by atoms with E-state index in [0.29, 0.717) is 11.4 Å². The summed E-state index contributed by atoms with van der Waals surface area (Å²) >= 11 is 0. The van der Waals surface area contributed by atoms with Gasteiger partial charge in [0.1, 0.15) is 17.5 Å². The van der Waals surface area contributed by atoms with Crippen molar-refractivity contribution in [1.82, 2.24) is 19.8 Å². The summed E-state index contributed by atoms with van der Waals surface area (Å²) in [5.74, 6) is 0.294.